The van der Waals surface area contributed by atoms with Crippen LogP contribution in [-0.2, 0) is 0 Å². The van der Waals surface area contributed by atoms with Crippen molar-refractivity contribution in [3.8, 4) is 0 Å². The van der Waals surface area contributed by atoms with Crippen LogP contribution in [0.1, 0.15) is 25.1 Å². The molecule has 0 aliphatic carbocycles. The summed E-state index contributed by atoms with van der Waals surface area (Å²) in [6.07, 6.45) is 0. The van der Waals surface area contributed by atoms with Crippen LogP contribution in [0.4, 0.5) is 17.5 Å². The topological polar surface area (TPSA) is 49.8 Å². The smallest absolute Gasteiger partial charge is 0.224 e. The Bertz CT molecular complexity index is 561. The molecular weight excluding hydrogens is 248 g/mol. The molecule has 2 rings (SSSR count). The van der Waals surface area contributed by atoms with Crippen LogP contribution in [0, 0.1) is 19.8 Å². The van der Waals surface area contributed by atoms with Crippen LogP contribution in [0.15, 0.2) is 30.3 Å². The summed E-state index contributed by atoms with van der Waals surface area (Å²) in [5.41, 5.74) is 3.22. The zero-order valence-electron chi connectivity index (χ0n) is 12.6. The highest BCUT2D eigenvalue weighted by molar-refractivity contribution is 5.57. The second-order valence-corrected chi connectivity index (χ2v) is 5.48. The van der Waals surface area contributed by atoms with E-state index in [2.05, 4.69) is 53.5 Å². The number of benzene rings is 1. The quantitative estimate of drug-likeness (QED) is 0.865. The Kier molecular flexibility index (Phi) is 4.56. The minimum absolute atomic E-state index is 0.563. The van der Waals surface area contributed by atoms with Crippen molar-refractivity contribution in [2.24, 2.45) is 5.92 Å². The lowest BCUT2D eigenvalue weighted by Crippen LogP contribution is -2.11. The second-order valence-electron chi connectivity index (χ2n) is 5.48. The van der Waals surface area contributed by atoms with E-state index < -0.39 is 0 Å². The van der Waals surface area contributed by atoms with Gasteiger partial charge >= 0.3 is 0 Å². The Labute approximate surface area is 120 Å². The zero-order chi connectivity index (χ0) is 14.5. The number of hydrogen-bond acceptors (Lipinski definition) is 4. The molecule has 1 heterocycles. The molecule has 4 nitrogen and oxygen atoms in total. The maximum absolute atomic E-state index is 4.49. The van der Waals surface area contributed by atoms with Gasteiger partial charge in [0.1, 0.15) is 5.82 Å². The van der Waals surface area contributed by atoms with Gasteiger partial charge in [0.05, 0.1) is 0 Å². The Morgan fingerprint density at radius 1 is 1.05 bits per heavy atom. The molecule has 1 aromatic carbocycles. The molecule has 0 fully saturated rings. The van der Waals surface area contributed by atoms with Crippen molar-refractivity contribution in [1.29, 1.82) is 0 Å². The van der Waals surface area contributed by atoms with Crippen molar-refractivity contribution in [2.45, 2.75) is 27.7 Å². The summed E-state index contributed by atoms with van der Waals surface area (Å²) in [6, 6.07) is 10.2. The minimum Gasteiger partial charge on any atom is -0.354 e. The molecule has 0 aliphatic rings. The largest absolute Gasteiger partial charge is 0.354 e. The maximum Gasteiger partial charge on any atom is 0.224 e. The fourth-order valence-electron chi connectivity index (χ4n) is 1.79. The van der Waals surface area contributed by atoms with E-state index in [1.54, 1.807) is 0 Å². The summed E-state index contributed by atoms with van der Waals surface area (Å²) >= 11 is 0. The van der Waals surface area contributed by atoms with Gasteiger partial charge in [-0.15, -0.1) is 0 Å². The maximum atomic E-state index is 4.49. The predicted molar refractivity (Wildman–Crippen MR) is 84.6 cm³/mol. The van der Waals surface area contributed by atoms with E-state index in [1.165, 1.54) is 5.56 Å². The zero-order valence-corrected chi connectivity index (χ0v) is 12.6. The lowest BCUT2D eigenvalue weighted by atomic mass is 10.2. The van der Waals surface area contributed by atoms with E-state index >= 15 is 0 Å². The number of rotatable bonds is 5. The van der Waals surface area contributed by atoms with E-state index in [0.717, 1.165) is 23.7 Å². The van der Waals surface area contributed by atoms with E-state index in [9.17, 15) is 0 Å². The first-order valence-electron chi connectivity index (χ1n) is 6.96. The molecule has 0 amide bonds. The molecule has 0 saturated heterocycles. The standard InChI is InChI=1S/C16H22N4/c1-11(2)10-17-16-18-13(4)9-15(20-16)19-14-7-5-12(3)6-8-14/h5-9,11H,10H2,1-4H3,(H2,17,18,19,20). The van der Waals surface area contributed by atoms with Gasteiger partial charge in [-0.05, 0) is 31.9 Å². The molecule has 1 aromatic heterocycles. The summed E-state index contributed by atoms with van der Waals surface area (Å²) < 4.78 is 0. The molecule has 2 aromatic rings. The van der Waals surface area contributed by atoms with Crippen molar-refractivity contribution in [3.05, 3.63) is 41.6 Å². The Balaban J connectivity index is 2.13. The van der Waals surface area contributed by atoms with Crippen LogP contribution in [0.25, 0.3) is 0 Å². The third-order valence-electron chi connectivity index (χ3n) is 2.85. The molecule has 106 valence electrons. The van der Waals surface area contributed by atoms with Gasteiger partial charge in [-0.25, -0.2) is 4.98 Å². The van der Waals surface area contributed by atoms with Crippen molar-refractivity contribution >= 4 is 17.5 Å². The van der Waals surface area contributed by atoms with Crippen LogP contribution < -0.4 is 10.6 Å². The molecule has 0 unspecified atom stereocenters. The number of nitrogens with zero attached hydrogens (tertiary/aromatic N) is 2. The first-order valence-corrected chi connectivity index (χ1v) is 6.96. The van der Waals surface area contributed by atoms with Crippen LogP contribution in [0.5, 0.6) is 0 Å². The van der Waals surface area contributed by atoms with Gasteiger partial charge in [-0.2, -0.15) is 4.98 Å². The third kappa shape index (κ3) is 4.23. The fraction of sp³-hybridized carbons (Fsp3) is 0.375. The summed E-state index contributed by atoms with van der Waals surface area (Å²) in [6.45, 7) is 9.24. The molecule has 20 heavy (non-hydrogen) atoms. The van der Waals surface area contributed by atoms with Gasteiger partial charge in [0.15, 0.2) is 0 Å². The minimum atomic E-state index is 0.563. The number of aryl methyl sites for hydroxylation is 2. The fourth-order valence-corrected chi connectivity index (χ4v) is 1.79. The van der Waals surface area contributed by atoms with Crippen LogP contribution in [0.3, 0.4) is 0 Å². The van der Waals surface area contributed by atoms with Crippen LogP contribution in [0.2, 0.25) is 0 Å². The average molecular weight is 270 g/mol. The molecule has 0 radical (unpaired) electrons. The Hall–Kier alpha value is -2.10. The molecular formula is C16H22N4. The van der Waals surface area contributed by atoms with Gasteiger partial charge in [0.2, 0.25) is 5.95 Å². The second kappa shape index (κ2) is 6.37. The highest BCUT2D eigenvalue weighted by Crippen LogP contribution is 2.17. The first-order chi connectivity index (χ1) is 9.52. The van der Waals surface area contributed by atoms with Gasteiger partial charge < -0.3 is 10.6 Å². The van der Waals surface area contributed by atoms with Crippen molar-refractivity contribution in [1.82, 2.24) is 9.97 Å². The van der Waals surface area contributed by atoms with E-state index in [0.29, 0.717) is 11.9 Å². The number of aromatic nitrogens is 2. The third-order valence-corrected chi connectivity index (χ3v) is 2.85. The molecule has 0 atom stereocenters. The van der Waals surface area contributed by atoms with E-state index in [4.69, 9.17) is 0 Å². The summed E-state index contributed by atoms with van der Waals surface area (Å²) in [5, 5.41) is 6.57. The lowest BCUT2D eigenvalue weighted by molar-refractivity contribution is 0.684. The van der Waals surface area contributed by atoms with E-state index in [-0.39, 0.29) is 0 Å². The molecule has 0 spiro atoms. The van der Waals surface area contributed by atoms with Gasteiger partial charge in [-0.3, -0.25) is 0 Å². The predicted octanol–water partition coefficient (Wildman–Crippen LogP) is 3.90. The number of anilines is 3. The first kappa shape index (κ1) is 14.3. The summed E-state index contributed by atoms with van der Waals surface area (Å²) in [5.74, 6) is 2.05. The Morgan fingerprint density at radius 2 is 1.75 bits per heavy atom. The van der Waals surface area contributed by atoms with Crippen LogP contribution >= 0.6 is 0 Å². The van der Waals surface area contributed by atoms with Crippen LogP contribution in [-0.4, -0.2) is 16.5 Å². The monoisotopic (exact) mass is 270 g/mol. The number of nitrogens with one attached hydrogen (secondary N) is 2. The molecule has 0 aliphatic heterocycles. The Morgan fingerprint density at radius 3 is 2.40 bits per heavy atom. The van der Waals surface area contributed by atoms with Crippen molar-refractivity contribution in [3.63, 3.8) is 0 Å². The summed E-state index contributed by atoms with van der Waals surface area (Å²) in [7, 11) is 0. The molecule has 4 heteroatoms. The highest BCUT2D eigenvalue weighted by atomic mass is 15.1. The normalized spacial score (nSPS) is 10.7. The van der Waals surface area contributed by atoms with Gasteiger partial charge in [0, 0.05) is 24.0 Å². The number of hydrogen-bond donors (Lipinski definition) is 2. The molecule has 0 saturated carbocycles. The lowest BCUT2D eigenvalue weighted by Gasteiger charge is -2.11. The average Bonchev–Trinajstić information content (AvgIpc) is 2.38. The summed E-state index contributed by atoms with van der Waals surface area (Å²) in [4.78, 5) is 8.89. The van der Waals surface area contributed by atoms with Gasteiger partial charge in [-0.1, -0.05) is 31.5 Å². The van der Waals surface area contributed by atoms with E-state index in [1.807, 2.05) is 25.1 Å². The van der Waals surface area contributed by atoms with Crippen molar-refractivity contribution in [2.75, 3.05) is 17.2 Å². The SMILES string of the molecule is Cc1ccc(Nc2cc(C)nc(NCC(C)C)n2)cc1. The van der Waals surface area contributed by atoms with Crippen molar-refractivity contribution < 1.29 is 0 Å². The molecule has 0 bridgehead atoms. The highest BCUT2D eigenvalue weighted by Gasteiger charge is 2.03. The van der Waals surface area contributed by atoms with Gasteiger partial charge in [0.25, 0.3) is 0 Å². The molecule has 2 N–H and O–H groups in total.